The molecule has 0 aliphatic heterocycles. The van der Waals surface area contributed by atoms with Crippen LogP contribution in [-0.2, 0) is 19.2 Å². The molecule has 1 aliphatic rings. The van der Waals surface area contributed by atoms with Crippen molar-refractivity contribution in [3.63, 3.8) is 0 Å². The van der Waals surface area contributed by atoms with Crippen LogP contribution in [0.3, 0.4) is 0 Å². The number of nitrogens with one attached hydrogen (secondary N) is 3. The second kappa shape index (κ2) is 12.7. The first-order valence-electron chi connectivity index (χ1n) is 10.3. The van der Waals surface area contributed by atoms with Gasteiger partial charge in [0, 0.05) is 13.5 Å². The van der Waals surface area contributed by atoms with Gasteiger partial charge < -0.3 is 33.2 Å². The third kappa shape index (κ3) is 9.10. The molecule has 11 nitrogen and oxygen atoms in total. The van der Waals surface area contributed by atoms with Crippen molar-refractivity contribution in [2.75, 3.05) is 6.54 Å². The number of primary amides is 1. The average Bonchev–Trinajstić information content (AvgIpc) is 2.68. The summed E-state index contributed by atoms with van der Waals surface area (Å²) >= 11 is 0. The Labute approximate surface area is 177 Å². The molecule has 170 valence electrons. The zero-order valence-corrected chi connectivity index (χ0v) is 17.8. The Hall–Kier alpha value is -2.85. The number of aliphatic imine (C=N–C) groups is 1. The molecule has 0 aromatic carbocycles. The quantitative estimate of drug-likeness (QED) is 0.134. The van der Waals surface area contributed by atoms with Gasteiger partial charge in [0.15, 0.2) is 5.96 Å². The summed E-state index contributed by atoms with van der Waals surface area (Å²) in [7, 11) is 0. The fourth-order valence-corrected chi connectivity index (χ4v) is 3.50. The van der Waals surface area contributed by atoms with E-state index in [1.165, 1.54) is 13.8 Å². The first-order chi connectivity index (χ1) is 14.1. The van der Waals surface area contributed by atoms with E-state index in [4.69, 9.17) is 17.2 Å². The van der Waals surface area contributed by atoms with E-state index < -0.39 is 35.8 Å². The lowest BCUT2D eigenvalue weighted by atomic mass is 9.83. The summed E-state index contributed by atoms with van der Waals surface area (Å²) in [5.41, 5.74) is 15.8. The van der Waals surface area contributed by atoms with Gasteiger partial charge in [-0.3, -0.25) is 24.2 Å². The maximum Gasteiger partial charge on any atom is 0.243 e. The Bertz CT molecular complexity index is 643. The van der Waals surface area contributed by atoms with Gasteiger partial charge in [0.2, 0.25) is 23.6 Å². The molecule has 0 heterocycles. The van der Waals surface area contributed by atoms with E-state index in [2.05, 4.69) is 20.9 Å². The van der Waals surface area contributed by atoms with Gasteiger partial charge in [-0.1, -0.05) is 19.3 Å². The Morgan fingerprint density at radius 2 is 1.60 bits per heavy atom. The number of carbonyl (C=O) groups excluding carboxylic acids is 4. The average molecular weight is 426 g/mol. The normalized spacial score (nSPS) is 17.1. The van der Waals surface area contributed by atoms with Gasteiger partial charge in [-0.05, 0) is 38.5 Å². The van der Waals surface area contributed by atoms with E-state index in [9.17, 15) is 19.2 Å². The molecule has 1 saturated carbocycles. The van der Waals surface area contributed by atoms with E-state index >= 15 is 0 Å². The van der Waals surface area contributed by atoms with Gasteiger partial charge in [-0.2, -0.15) is 0 Å². The summed E-state index contributed by atoms with van der Waals surface area (Å²) in [6, 6.07) is -2.53. The van der Waals surface area contributed by atoms with Crippen molar-refractivity contribution in [1.82, 2.24) is 16.0 Å². The molecule has 1 rings (SSSR count). The van der Waals surface area contributed by atoms with Crippen molar-refractivity contribution in [1.29, 1.82) is 0 Å². The zero-order chi connectivity index (χ0) is 22.7. The van der Waals surface area contributed by atoms with Crippen LogP contribution in [0.5, 0.6) is 0 Å². The SMILES string of the molecule is CC(=O)N[C@H](C(=O)N[C@@H](CCCN=C(N)N)C(=O)N[C@@H](C)C(N)=O)C1CCCCC1. The van der Waals surface area contributed by atoms with Crippen molar-refractivity contribution < 1.29 is 19.2 Å². The Morgan fingerprint density at radius 3 is 2.13 bits per heavy atom. The highest BCUT2D eigenvalue weighted by Gasteiger charge is 2.33. The summed E-state index contributed by atoms with van der Waals surface area (Å²) < 4.78 is 0. The predicted octanol–water partition coefficient (Wildman–Crippen LogP) is -1.40. The van der Waals surface area contributed by atoms with Crippen molar-refractivity contribution in [3.8, 4) is 0 Å². The lowest BCUT2D eigenvalue weighted by molar-refractivity contribution is -0.134. The lowest BCUT2D eigenvalue weighted by Crippen LogP contribution is -2.57. The highest BCUT2D eigenvalue weighted by Crippen LogP contribution is 2.26. The third-order valence-electron chi connectivity index (χ3n) is 5.13. The van der Waals surface area contributed by atoms with Crippen LogP contribution < -0.4 is 33.2 Å². The molecule has 4 amide bonds. The molecule has 0 aromatic heterocycles. The molecule has 11 heteroatoms. The first kappa shape index (κ1) is 25.2. The largest absolute Gasteiger partial charge is 0.370 e. The summed E-state index contributed by atoms with van der Waals surface area (Å²) in [6.45, 7) is 3.10. The molecule has 1 fully saturated rings. The fraction of sp³-hybridized carbons (Fsp3) is 0.737. The highest BCUT2D eigenvalue weighted by atomic mass is 16.2. The molecule has 9 N–H and O–H groups in total. The first-order valence-corrected chi connectivity index (χ1v) is 10.3. The van der Waals surface area contributed by atoms with E-state index in [0.29, 0.717) is 6.42 Å². The number of guanidine groups is 1. The second-order valence-corrected chi connectivity index (χ2v) is 7.72. The summed E-state index contributed by atoms with van der Waals surface area (Å²) in [5.74, 6) is -2.01. The minimum atomic E-state index is -0.923. The Morgan fingerprint density at radius 1 is 0.967 bits per heavy atom. The van der Waals surface area contributed by atoms with Crippen LogP contribution in [0.2, 0.25) is 0 Å². The molecular formula is C19H35N7O4. The van der Waals surface area contributed by atoms with Gasteiger partial charge in [-0.15, -0.1) is 0 Å². The molecule has 30 heavy (non-hydrogen) atoms. The fourth-order valence-electron chi connectivity index (χ4n) is 3.50. The van der Waals surface area contributed by atoms with Gasteiger partial charge in [-0.25, -0.2) is 0 Å². The molecule has 3 atom stereocenters. The Balaban J connectivity index is 2.89. The van der Waals surface area contributed by atoms with Crippen LogP contribution in [0.15, 0.2) is 4.99 Å². The summed E-state index contributed by atoms with van der Waals surface area (Å²) in [4.78, 5) is 52.4. The zero-order valence-electron chi connectivity index (χ0n) is 17.8. The van der Waals surface area contributed by atoms with Crippen molar-refractivity contribution in [2.45, 2.75) is 76.9 Å². The third-order valence-corrected chi connectivity index (χ3v) is 5.13. The molecular weight excluding hydrogens is 390 g/mol. The van der Waals surface area contributed by atoms with Crippen molar-refractivity contribution >= 4 is 29.6 Å². The van der Waals surface area contributed by atoms with Crippen LogP contribution in [0.25, 0.3) is 0 Å². The van der Waals surface area contributed by atoms with Crippen molar-refractivity contribution in [2.24, 2.45) is 28.1 Å². The van der Waals surface area contributed by atoms with Gasteiger partial charge >= 0.3 is 0 Å². The number of rotatable bonds is 11. The molecule has 1 aliphatic carbocycles. The molecule has 0 bridgehead atoms. The van der Waals surface area contributed by atoms with Gasteiger partial charge in [0.1, 0.15) is 18.1 Å². The van der Waals surface area contributed by atoms with E-state index in [1.54, 1.807) is 0 Å². The summed E-state index contributed by atoms with van der Waals surface area (Å²) in [6.07, 6.45) is 5.43. The summed E-state index contributed by atoms with van der Waals surface area (Å²) in [5, 5.41) is 7.94. The predicted molar refractivity (Wildman–Crippen MR) is 113 cm³/mol. The maximum atomic E-state index is 13.0. The topological polar surface area (TPSA) is 195 Å². The number of nitrogens with two attached hydrogens (primary N) is 3. The Kier molecular flexibility index (Phi) is 10.6. The van der Waals surface area contributed by atoms with Crippen LogP contribution in [0.1, 0.15) is 58.8 Å². The number of amides is 4. The molecule has 0 spiro atoms. The minimum absolute atomic E-state index is 0.0116. The molecule has 0 aromatic rings. The monoisotopic (exact) mass is 425 g/mol. The molecule has 0 radical (unpaired) electrons. The van der Waals surface area contributed by atoms with Crippen LogP contribution in [-0.4, -0.2) is 54.3 Å². The van der Waals surface area contributed by atoms with E-state index in [0.717, 1.165) is 32.1 Å². The van der Waals surface area contributed by atoms with E-state index in [-0.39, 0.29) is 30.8 Å². The number of nitrogens with zero attached hydrogens (tertiary/aromatic N) is 1. The number of hydrogen-bond donors (Lipinski definition) is 6. The van der Waals surface area contributed by atoms with Gasteiger partial charge in [0.05, 0.1) is 0 Å². The standard InChI is InChI=1S/C19H35N7O4/c1-11(16(20)28)24-17(29)14(9-6-10-23-19(21)22)26-18(30)15(25-12(2)27)13-7-4-3-5-8-13/h11,13-15H,3-10H2,1-2H3,(H2,20,28)(H,24,29)(H,25,27)(H,26,30)(H4,21,22,23)/t11-,14-,15-/m0/s1. The molecule has 0 saturated heterocycles. The van der Waals surface area contributed by atoms with Crippen LogP contribution in [0, 0.1) is 5.92 Å². The lowest BCUT2D eigenvalue weighted by Gasteiger charge is -2.31. The highest BCUT2D eigenvalue weighted by molar-refractivity contribution is 5.93. The van der Waals surface area contributed by atoms with Crippen LogP contribution in [0.4, 0.5) is 0 Å². The molecule has 0 unspecified atom stereocenters. The number of hydrogen-bond acceptors (Lipinski definition) is 5. The minimum Gasteiger partial charge on any atom is -0.370 e. The number of carbonyl (C=O) groups is 4. The smallest absolute Gasteiger partial charge is 0.243 e. The van der Waals surface area contributed by atoms with Gasteiger partial charge in [0.25, 0.3) is 0 Å². The maximum absolute atomic E-state index is 13.0. The van der Waals surface area contributed by atoms with Crippen molar-refractivity contribution in [3.05, 3.63) is 0 Å². The second-order valence-electron chi connectivity index (χ2n) is 7.72. The van der Waals surface area contributed by atoms with Crippen LogP contribution >= 0.6 is 0 Å². The van der Waals surface area contributed by atoms with E-state index in [1.807, 2.05) is 0 Å².